The van der Waals surface area contributed by atoms with Gasteiger partial charge in [-0.3, -0.25) is 0 Å². The van der Waals surface area contributed by atoms with Gasteiger partial charge in [-0.05, 0) is 79.3 Å². The van der Waals surface area contributed by atoms with E-state index < -0.39 is 15.5 Å². The van der Waals surface area contributed by atoms with Crippen LogP contribution in [0, 0.1) is 11.8 Å². The highest BCUT2D eigenvalue weighted by molar-refractivity contribution is 7.77. The highest BCUT2D eigenvalue weighted by Crippen LogP contribution is 2.47. The maximum Gasteiger partial charge on any atom is 0.0306 e. The number of rotatable bonds is 11. The van der Waals surface area contributed by atoms with Crippen LogP contribution in [-0.2, 0) is 0 Å². The molecule has 1 aliphatic carbocycles. The molecule has 5 rings (SSSR count). The molecule has 0 atom stereocenters. The minimum Gasteiger partial charge on any atom is -0.0952 e. The highest BCUT2D eigenvalue weighted by Gasteiger charge is 2.20. The van der Waals surface area contributed by atoms with Crippen molar-refractivity contribution in [2.45, 2.75) is 46.0 Å². The lowest BCUT2D eigenvalue weighted by Crippen LogP contribution is -2.14. The van der Waals surface area contributed by atoms with Crippen LogP contribution in [0.2, 0.25) is 0 Å². The molecule has 0 fully saturated rings. The first kappa shape index (κ1) is 31.6. The van der Waals surface area contributed by atoms with Crippen LogP contribution in [0.5, 0.6) is 0 Å². The zero-order valence-corrected chi connectivity index (χ0v) is 27.9. The van der Waals surface area contributed by atoms with Crippen LogP contribution in [0.1, 0.15) is 46.0 Å². The van der Waals surface area contributed by atoms with Crippen molar-refractivity contribution in [1.82, 2.24) is 0 Å². The molecular weight excluding hydrogens is 566 g/mol. The fraction of sp³-hybridized carbons (Fsp3) is 0.167. The zero-order chi connectivity index (χ0) is 30.6. The molecule has 4 aromatic carbocycles. The zero-order valence-electron chi connectivity index (χ0n) is 26.0. The Morgan fingerprint density at radius 2 is 1.27 bits per heavy atom. The predicted molar refractivity (Wildman–Crippen MR) is 200 cm³/mol. The minimum absolute atomic E-state index is 0.660. The molecule has 0 nitrogen and oxygen atoms in total. The molecular formula is C42H42P2. The molecule has 0 bridgehead atoms. The molecule has 0 aromatic heterocycles. The van der Waals surface area contributed by atoms with Crippen LogP contribution < -0.4 is 21.2 Å². The summed E-state index contributed by atoms with van der Waals surface area (Å²) < 4.78 is 0. The van der Waals surface area contributed by atoms with Gasteiger partial charge in [0.1, 0.15) is 0 Å². The van der Waals surface area contributed by atoms with Crippen molar-refractivity contribution >= 4 is 42.0 Å². The van der Waals surface area contributed by atoms with E-state index in [9.17, 15) is 0 Å². The Morgan fingerprint density at radius 3 is 1.77 bits per heavy atom. The third-order valence-corrected chi connectivity index (χ3v) is 13.4. The summed E-state index contributed by atoms with van der Waals surface area (Å²) in [6.07, 6.45) is 11.9. The van der Waals surface area contributed by atoms with E-state index in [2.05, 4.69) is 172 Å². The van der Waals surface area contributed by atoms with Crippen LogP contribution >= 0.6 is 15.5 Å². The molecule has 0 radical (unpaired) electrons. The first-order valence-corrected chi connectivity index (χ1v) is 18.5. The Kier molecular flexibility index (Phi) is 11.7. The highest BCUT2D eigenvalue weighted by atomic mass is 31.1. The average molecular weight is 609 g/mol. The van der Waals surface area contributed by atoms with Crippen LogP contribution in [0.15, 0.2) is 168 Å². The van der Waals surface area contributed by atoms with Crippen molar-refractivity contribution in [2.75, 3.05) is 0 Å². The first-order chi connectivity index (χ1) is 21.7. The summed E-state index contributed by atoms with van der Waals surface area (Å²) in [5.41, 5.74) is 4.01. The van der Waals surface area contributed by atoms with Crippen molar-refractivity contribution in [2.24, 2.45) is 0 Å². The molecule has 0 heterocycles. The van der Waals surface area contributed by atoms with Crippen LogP contribution in [-0.4, -0.2) is 5.29 Å². The van der Waals surface area contributed by atoms with Gasteiger partial charge in [0, 0.05) is 11.7 Å². The molecule has 0 saturated carbocycles. The second-order valence-corrected chi connectivity index (χ2v) is 15.6. The maximum absolute atomic E-state index is 4.64. The molecule has 4 aromatic rings. The Morgan fingerprint density at radius 1 is 0.750 bits per heavy atom. The van der Waals surface area contributed by atoms with Crippen molar-refractivity contribution in [3.05, 3.63) is 168 Å². The van der Waals surface area contributed by atoms with Gasteiger partial charge in [-0.2, -0.15) is 0 Å². The van der Waals surface area contributed by atoms with Gasteiger partial charge in [0.05, 0.1) is 0 Å². The fourth-order valence-corrected chi connectivity index (χ4v) is 10.9. The standard InChI is InChI=1S/C42H42P2/c1-4-19-36-33-32-35(20-18-29-42(36)44(39-25-14-8-15-26-39)40-27-16-9-17-28-40)31-30-34(3)41(5-2)43(37-21-10-6-11-22-37)38-23-12-7-13-24-38/h5-17,21-28,32-33,44H,3-4,19-20,30-31H2,1-2H3/b35-32+,36-33-,41-5+. The molecule has 1 aliphatic rings. The van der Waals surface area contributed by atoms with Gasteiger partial charge in [-0.25, -0.2) is 0 Å². The lowest BCUT2D eigenvalue weighted by atomic mass is 9.98. The van der Waals surface area contributed by atoms with Gasteiger partial charge < -0.3 is 0 Å². The van der Waals surface area contributed by atoms with E-state index >= 15 is 0 Å². The van der Waals surface area contributed by atoms with Crippen molar-refractivity contribution in [1.29, 1.82) is 0 Å². The Balaban J connectivity index is 1.43. The topological polar surface area (TPSA) is 0 Å². The van der Waals surface area contributed by atoms with Gasteiger partial charge in [0.15, 0.2) is 0 Å². The van der Waals surface area contributed by atoms with Crippen molar-refractivity contribution in [3.63, 3.8) is 0 Å². The van der Waals surface area contributed by atoms with Gasteiger partial charge in [-0.15, -0.1) is 0 Å². The Labute approximate surface area is 267 Å². The maximum atomic E-state index is 4.64. The molecule has 0 N–H and O–H groups in total. The molecule has 0 unspecified atom stereocenters. The molecule has 0 spiro atoms. The molecule has 220 valence electrons. The smallest absolute Gasteiger partial charge is 0.0306 e. The van der Waals surface area contributed by atoms with E-state index in [0.29, 0.717) is 0 Å². The quantitative estimate of drug-likeness (QED) is 0.0904. The largest absolute Gasteiger partial charge is 0.0952 e. The summed E-state index contributed by atoms with van der Waals surface area (Å²) in [5, 5.41) is 8.21. The van der Waals surface area contributed by atoms with E-state index in [0.717, 1.165) is 32.1 Å². The molecule has 2 heteroatoms. The van der Waals surface area contributed by atoms with Gasteiger partial charge in [-0.1, -0.05) is 177 Å². The molecule has 44 heavy (non-hydrogen) atoms. The lowest BCUT2D eigenvalue weighted by Gasteiger charge is -2.24. The van der Waals surface area contributed by atoms with E-state index in [1.54, 1.807) is 0 Å². The predicted octanol–water partition coefficient (Wildman–Crippen LogP) is 9.46. The summed E-state index contributed by atoms with van der Waals surface area (Å²) in [6, 6.07) is 43.8. The molecule has 0 amide bonds. The van der Waals surface area contributed by atoms with E-state index in [1.807, 2.05) is 0 Å². The Hall–Kier alpha value is -3.87. The SMILES string of the molecule is C=C(CC/C1=C/C=C(/CCC)C(=[PH](c2ccccc2)c2ccccc2)C#CC1)/C(=C\C)P(c1ccccc1)c1ccccc1. The van der Waals surface area contributed by atoms with Crippen LogP contribution in [0.25, 0.3) is 0 Å². The first-order valence-electron chi connectivity index (χ1n) is 15.7. The summed E-state index contributed by atoms with van der Waals surface area (Å²) >= 11 is 0. The molecule has 0 aliphatic heterocycles. The minimum atomic E-state index is -1.20. The second kappa shape index (κ2) is 16.3. The normalized spacial score (nSPS) is 15.8. The van der Waals surface area contributed by atoms with Gasteiger partial charge >= 0.3 is 0 Å². The monoisotopic (exact) mass is 608 g/mol. The Bertz CT molecular complexity index is 1650. The summed E-state index contributed by atoms with van der Waals surface area (Å²) in [6.45, 7) is 9.08. The fourth-order valence-electron chi connectivity index (χ4n) is 5.74. The number of allylic oxidation sites excluding steroid dienone is 7. The van der Waals surface area contributed by atoms with E-state index in [1.165, 1.54) is 48.5 Å². The third-order valence-electron chi connectivity index (χ3n) is 7.92. The van der Waals surface area contributed by atoms with Gasteiger partial charge in [0.25, 0.3) is 0 Å². The summed E-state index contributed by atoms with van der Waals surface area (Å²) in [4.78, 5) is 0. The number of benzene rings is 4. The molecule has 0 saturated heterocycles. The van der Waals surface area contributed by atoms with Crippen molar-refractivity contribution < 1.29 is 0 Å². The number of hydrogen-bond donors (Lipinski definition) is 0. The van der Waals surface area contributed by atoms with E-state index in [4.69, 9.17) is 0 Å². The second-order valence-electron chi connectivity index (χ2n) is 11.0. The van der Waals surface area contributed by atoms with E-state index in [-0.39, 0.29) is 0 Å². The van der Waals surface area contributed by atoms with Crippen LogP contribution in [0.4, 0.5) is 0 Å². The van der Waals surface area contributed by atoms with Crippen molar-refractivity contribution in [3.8, 4) is 11.8 Å². The summed E-state index contributed by atoms with van der Waals surface area (Å²) in [7, 11) is -1.86. The summed E-state index contributed by atoms with van der Waals surface area (Å²) in [5.74, 6) is 7.36. The average Bonchev–Trinajstić information content (AvgIpc) is 3.07. The number of hydrogen-bond acceptors (Lipinski definition) is 0. The van der Waals surface area contributed by atoms with Gasteiger partial charge in [0.2, 0.25) is 0 Å². The van der Waals surface area contributed by atoms with Crippen LogP contribution in [0.3, 0.4) is 0 Å². The lowest BCUT2D eigenvalue weighted by molar-refractivity contribution is 0.916. The third kappa shape index (κ3) is 7.99.